The average molecular weight is 199 g/mol. The van der Waals surface area contributed by atoms with Crippen LogP contribution in [0.3, 0.4) is 0 Å². The number of rotatable bonds is 0. The van der Waals surface area contributed by atoms with Crippen LogP contribution in [0.15, 0.2) is 24.7 Å². The van der Waals surface area contributed by atoms with Crippen molar-refractivity contribution in [3.8, 4) is 6.07 Å². The number of pyridine rings is 1. The number of hydrogen-bond donors (Lipinski definition) is 0. The summed E-state index contributed by atoms with van der Waals surface area (Å²) < 4.78 is 2.14. The fourth-order valence-electron chi connectivity index (χ4n) is 1.49. The Labute approximate surface area is 89.0 Å². The van der Waals surface area contributed by atoms with Gasteiger partial charge in [-0.2, -0.15) is 5.26 Å². The molecule has 2 aromatic rings. The molecule has 0 amide bonds. The van der Waals surface area contributed by atoms with Crippen molar-refractivity contribution in [1.29, 1.82) is 5.26 Å². The summed E-state index contributed by atoms with van der Waals surface area (Å²) in [5, 5.41) is 10.9. The molecule has 2 rings (SSSR count). The van der Waals surface area contributed by atoms with Crippen LogP contribution in [-0.2, 0) is 5.54 Å². The Bertz CT molecular complexity index is 538. The van der Waals surface area contributed by atoms with Crippen molar-refractivity contribution in [2.75, 3.05) is 0 Å². The van der Waals surface area contributed by atoms with E-state index in [-0.39, 0.29) is 5.54 Å². The number of nitrogens with zero attached hydrogens (tertiary/aromatic N) is 3. The topological polar surface area (TPSA) is 41.6 Å². The Morgan fingerprint density at radius 3 is 2.53 bits per heavy atom. The zero-order chi connectivity index (χ0) is 11.1. The van der Waals surface area contributed by atoms with Gasteiger partial charge in [0.2, 0.25) is 0 Å². The Balaban J connectivity index is 2.62. The summed E-state index contributed by atoms with van der Waals surface area (Å²) in [5.41, 5.74) is 0.528. The van der Waals surface area contributed by atoms with Crippen molar-refractivity contribution in [3.63, 3.8) is 0 Å². The molecular formula is C12H13N3. The highest BCUT2D eigenvalue weighted by atomic mass is 15.0. The van der Waals surface area contributed by atoms with E-state index in [1.807, 2.05) is 12.1 Å². The second-order valence-electron chi connectivity index (χ2n) is 4.65. The van der Waals surface area contributed by atoms with Gasteiger partial charge in [-0.3, -0.25) is 0 Å². The van der Waals surface area contributed by atoms with Gasteiger partial charge in [-0.1, -0.05) is 0 Å². The molecule has 3 heteroatoms. The highest BCUT2D eigenvalue weighted by molar-refractivity contribution is 5.82. The van der Waals surface area contributed by atoms with Gasteiger partial charge in [-0.15, -0.1) is 0 Å². The van der Waals surface area contributed by atoms with Gasteiger partial charge >= 0.3 is 0 Å². The lowest BCUT2D eigenvalue weighted by Gasteiger charge is -2.20. The monoisotopic (exact) mass is 199 g/mol. The Hall–Kier alpha value is -1.82. The molecule has 0 N–H and O–H groups in total. The van der Waals surface area contributed by atoms with E-state index >= 15 is 0 Å². The van der Waals surface area contributed by atoms with Crippen LogP contribution in [0, 0.1) is 11.3 Å². The van der Waals surface area contributed by atoms with E-state index in [1.165, 1.54) is 0 Å². The van der Waals surface area contributed by atoms with E-state index in [0.29, 0.717) is 5.69 Å². The lowest BCUT2D eigenvalue weighted by Crippen LogP contribution is -2.19. The normalized spacial score (nSPS) is 11.6. The van der Waals surface area contributed by atoms with Gasteiger partial charge in [-0.05, 0) is 26.8 Å². The predicted molar refractivity (Wildman–Crippen MR) is 59.4 cm³/mol. The minimum atomic E-state index is 0.0613. The number of aromatic nitrogens is 2. The Morgan fingerprint density at radius 1 is 1.27 bits per heavy atom. The molecule has 2 aromatic heterocycles. The van der Waals surface area contributed by atoms with Crippen LogP contribution in [0.2, 0.25) is 0 Å². The van der Waals surface area contributed by atoms with Gasteiger partial charge in [0.15, 0.2) is 0 Å². The van der Waals surface area contributed by atoms with Crippen LogP contribution in [0.4, 0.5) is 0 Å². The number of hydrogen-bond acceptors (Lipinski definition) is 2. The molecule has 0 aliphatic carbocycles. The van der Waals surface area contributed by atoms with Crippen molar-refractivity contribution in [1.82, 2.24) is 9.55 Å². The summed E-state index contributed by atoms with van der Waals surface area (Å²) in [6.45, 7) is 6.43. The van der Waals surface area contributed by atoms with E-state index in [1.54, 1.807) is 6.20 Å². The quantitative estimate of drug-likeness (QED) is 0.654. The summed E-state index contributed by atoms with van der Waals surface area (Å²) in [6.07, 6.45) is 5.86. The summed E-state index contributed by atoms with van der Waals surface area (Å²) >= 11 is 0. The molecular weight excluding hydrogens is 186 g/mol. The van der Waals surface area contributed by atoms with E-state index in [9.17, 15) is 0 Å². The molecule has 0 aromatic carbocycles. The second kappa shape index (κ2) is 3.09. The van der Waals surface area contributed by atoms with Crippen LogP contribution in [0.1, 0.15) is 26.5 Å². The highest BCUT2D eigenvalue weighted by Crippen LogP contribution is 2.21. The number of nitriles is 1. The van der Waals surface area contributed by atoms with E-state index < -0.39 is 0 Å². The maximum Gasteiger partial charge on any atom is 0.141 e. The van der Waals surface area contributed by atoms with Crippen molar-refractivity contribution >= 4 is 10.8 Å². The first-order chi connectivity index (χ1) is 7.00. The molecule has 0 bridgehead atoms. The molecule has 0 radical (unpaired) electrons. The molecule has 0 aliphatic heterocycles. The van der Waals surface area contributed by atoms with Crippen LogP contribution in [-0.4, -0.2) is 9.55 Å². The number of fused-ring (bicyclic) bond motifs is 1. The van der Waals surface area contributed by atoms with Crippen LogP contribution in [0.25, 0.3) is 10.8 Å². The lowest BCUT2D eigenvalue weighted by atomic mass is 10.1. The summed E-state index contributed by atoms with van der Waals surface area (Å²) in [5.74, 6) is 0. The molecule has 76 valence electrons. The molecule has 0 unspecified atom stereocenters. The molecule has 15 heavy (non-hydrogen) atoms. The first-order valence-corrected chi connectivity index (χ1v) is 4.89. The molecule has 0 aliphatic rings. The van der Waals surface area contributed by atoms with Crippen LogP contribution < -0.4 is 0 Å². The van der Waals surface area contributed by atoms with Gasteiger partial charge < -0.3 is 4.57 Å². The molecule has 2 heterocycles. The van der Waals surface area contributed by atoms with Crippen molar-refractivity contribution in [2.24, 2.45) is 0 Å². The lowest BCUT2D eigenvalue weighted by molar-refractivity contribution is 0.399. The first-order valence-electron chi connectivity index (χ1n) is 4.89. The Morgan fingerprint density at radius 2 is 1.93 bits per heavy atom. The maximum atomic E-state index is 8.74. The third-order valence-electron chi connectivity index (χ3n) is 2.41. The largest absolute Gasteiger partial charge is 0.348 e. The molecule has 0 atom stereocenters. The zero-order valence-corrected chi connectivity index (χ0v) is 9.15. The predicted octanol–water partition coefficient (Wildman–Crippen LogP) is 2.66. The average Bonchev–Trinajstić information content (AvgIpc) is 2.59. The van der Waals surface area contributed by atoms with Gasteiger partial charge in [0, 0.05) is 34.9 Å². The molecule has 0 spiro atoms. The molecule has 0 saturated heterocycles. The third-order valence-corrected chi connectivity index (χ3v) is 2.41. The van der Waals surface area contributed by atoms with Crippen molar-refractivity contribution in [3.05, 3.63) is 30.4 Å². The smallest absolute Gasteiger partial charge is 0.141 e. The minimum absolute atomic E-state index is 0.0613. The summed E-state index contributed by atoms with van der Waals surface area (Å²) in [6, 6.07) is 3.86. The fraction of sp³-hybridized carbons (Fsp3) is 0.333. The SMILES string of the molecule is CC(C)(C)n1cc2cnc(C#N)cc2c1. The third kappa shape index (κ3) is 1.71. The zero-order valence-electron chi connectivity index (χ0n) is 9.15. The van der Waals surface area contributed by atoms with E-state index in [2.05, 4.69) is 42.7 Å². The fourth-order valence-corrected chi connectivity index (χ4v) is 1.49. The van der Waals surface area contributed by atoms with Gasteiger partial charge in [0.05, 0.1) is 0 Å². The van der Waals surface area contributed by atoms with E-state index in [4.69, 9.17) is 5.26 Å². The van der Waals surface area contributed by atoms with Crippen molar-refractivity contribution < 1.29 is 0 Å². The summed E-state index contributed by atoms with van der Waals surface area (Å²) in [4.78, 5) is 4.05. The first kappa shape index (κ1) is 9.72. The summed E-state index contributed by atoms with van der Waals surface area (Å²) in [7, 11) is 0. The Kier molecular flexibility index (Phi) is 2.01. The van der Waals surface area contributed by atoms with Crippen LogP contribution in [0.5, 0.6) is 0 Å². The maximum absolute atomic E-state index is 8.74. The van der Waals surface area contributed by atoms with Gasteiger partial charge in [0.25, 0.3) is 0 Å². The van der Waals surface area contributed by atoms with E-state index in [0.717, 1.165) is 10.8 Å². The molecule has 3 nitrogen and oxygen atoms in total. The molecule has 0 saturated carbocycles. The van der Waals surface area contributed by atoms with Gasteiger partial charge in [0.1, 0.15) is 11.8 Å². The van der Waals surface area contributed by atoms with Crippen LogP contribution >= 0.6 is 0 Å². The van der Waals surface area contributed by atoms with Crippen molar-refractivity contribution in [2.45, 2.75) is 26.3 Å². The van der Waals surface area contributed by atoms with Gasteiger partial charge in [-0.25, -0.2) is 4.98 Å². The minimum Gasteiger partial charge on any atom is -0.348 e. The standard InChI is InChI=1S/C12H13N3/c1-12(2,3)15-7-9-4-11(5-13)14-6-10(9)8-15/h4,6-8H,1-3H3. The highest BCUT2D eigenvalue weighted by Gasteiger charge is 2.13. The molecule has 0 fully saturated rings. The second-order valence-corrected chi connectivity index (χ2v) is 4.65.